The van der Waals surface area contributed by atoms with E-state index in [-0.39, 0.29) is 11.5 Å². The quantitative estimate of drug-likeness (QED) is 0.859. The first-order valence-corrected chi connectivity index (χ1v) is 8.49. The summed E-state index contributed by atoms with van der Waals surface area (Å²) in [4.78, 5) is 16.6. The van der Waals surface area contributed by atoms with Crippen LogP contribution in [-0.2, 0) is 6.42 Å². The van der Waals surface area contributed by atoms with Gasteiger partial charge in [0.15, 0.2) is 0 Å². The molecule has 4 heteroatoms. The lowest BCUT2D eigenvalue weighted by atomic mass is 10.0. The maximum Gasteiger partial charge on any atom is 0.256 e. The molecule has 2 aromatic carbocycles. The van der Waals surface area contributed by atoms with Gasteiger partial charge in [0.25, 0.3) is 5.91 Å². The van der Waals surface area contributed by atoms with Crippen LogP contribution in [0.2, 0.25) is 0 Å². The van der Waals surface area contributed by atoms with E-state index < -0.39 is 5.82 Å². The molecule has 1 saturated heterocycles. The third-order valence-corrected chi connectivity index (χ3v) is 4.69. The number of aryl methyl sites for hydroxylation is 2. The molecule has 0 bridgehead atoms. The van der Waals surface area contributed by atoms with E-state index in [4.69, 9.17) is 0 Å². The lowest BCUT2D eigenvalue weighted by Gasteiger charge is -2.37. The Morgan fingerprint density at radius 1 is 1.04 bits per heavy atom. The molecule has 1 fully saturated rings. The summed E-state index contributed by atoms with van der Waals surface area (Å²) in [6, 6.07) is 12.6. The van der Waals surface area contributed by atoms with Crippen LogP contribution in [0, 0.1) is 12.7 Å². The van der Waals surface area contributed by atoms with Crippen LogP contribution in [-0.4, -0.2) is 37.0 Å². The molecular weight excluding hydrogens is 303 g/mol. The smallest absolute Gasteiger partial charge is 0.256 e. The number of halogens is 1. The second-order valence-corrected chi connectivity index (χ2v) is 6.20. The topological polar surface area (TPSA) is 23.6 Å². The first-order valence-electron chi connectivity index (χ1n) is 8.49. The van der Waals surface area contributed by atoms with Crippen LogP contribution in [0.25, 0.3) is 0 Å². The van der Waals surface area contributed by atoms with Gasteiger partial charge in [-0.15, -0.1) is 0 Å². The van der Waals surface area contributed by atoms with Crippen LogP contribution in [0.3, 0.4) is 0 Å². The summed E-state index contributed by atoms with van der Waals surface area (Å²) in [6.45, 7) is 7.08. The highest BCUT2D eigenvalue weighted by molar-refractivity contribution is 5.94. The molecule has 1 aliphatic rings. The zero-order valence-corrected chi connectivity index (χ0v) is 14.3. The van der Waals surface area contributed by atoms with E-state index in [0.717, 1.165) is 19.5 Å². The fraction of sp³-hybridized carbons (Fsp3) is 0.350. The van der Waals surface area contributed by atoms with Gasteiger partial charge in [0.2, 0.25) is 0 Å². The predicted octanol–water partition coefficient (Wildman–Crippen LogP) is 3.66. The van der Waals surface area contributed by atoms with Crippen LogP contribution in [0.4, 0.5) is 10.1 Å². The van der Waals surface area contributed by atoms with Crippen molar-refractivity contribution in [3.63, 3.8) is 0 Å². The Bertz CT molecular complexity index is 736. The van der Waals surface area contributed by atoms with E-state index >= 15 is 0 Å². The Labute approximate surface area is 142 Å². The molecule has 0 unspecified atom stereocenters. The van der Waals surface area contributed by atoms with Crippen LogP contribution in [0.5, 0.6) is 0 Å². The SMILES string of the molecule is CCc1cccc(C)c1N1CCN(C(=O)c2ccccc2F)CC1. The number of carbonyl (C=O) groups excluding carboxylic acids is 1. The van der Waals surface area contributed by atoms with Gasteiger partial charge in [-0.05, 0) is 36.6 Å². The molecule has 0 radical (unpaired) electrons. The highest BCUT2D eigenvalue weighted by Crippen LogP contribution is 2.27. The van der Waals surface area contributed by atoms with Crippen LogP contribution in [0.1, 0.15) is 28.4 Å². The largest absolute Gasteiger partial charge is 0.368 e. The monoisotopic (exact) mass is 326 g/mol. The van der Waals surface area contributed by atoms with Gasteiger partial charge in [-0.2, -0.15) is 0 Å². The minimum atomic E-state index is -0.447. The molecule has 24 heavy (non-hydrogen) atoms. The standard InChI is InChI=1S/C20H23FN2O/c1-3-16-8-6-7-15(2)19(16)22-11-13-23(14-12-22)20(24)17-9-4-5-10-18(17)21/h4-10H,3,11-14H2,1-2H3. The third kappa shape index (κ3) is 3.14. The number of nitrogens with zero attached hydrogens (tertiary/aromatic N) is 2. The molecule has 0 spiro atoms. The molecule has 0 saturated carbocycles. The normalized spacial score (nSPS) is 14.8. The summed E-state index contributed by atoms with van der Waals surface area (Å²) in [6.07, 6.45) is 0.991. The fourth-order valence-electron chi connectivity index (χ4n) is 3.40. The van der Waals surface area contributed by atoms with Gasteiger partial charge in [-0.25, -0.2) is 4.39 Å². The highest BCUT2D eigenvalue weighted by atomic mass is 19.1. The predicted molar refractivity (Wildman–Crippen MR) is 95.1 cm³/mol. The maximum absolute atomic E-state index is 13.8. The molecule has 0 aromatic heterocycles. The van der Waals surface area contributed by atoms with Crippen LogP contribution >= 0.6 is 0 Å². The van der Waals surface area contributed by atoms with Crippen molar-refractivity contribution < 1.29 is 9.18 Å². The number of anilines is 1. The van der Waals surface area contributed by atoms with Crippen molar-refractivity contribution in [2.45, 2.75) is 20.3 Å². The number of piperazine rings is 1. The second kappa shape index (κ2) is 7.04. The minimum Gasteiger partial charge on any atom is -0.368 e. The minimum absolute atomic E-state index is 0.163. The van der Waals surface area contributed by atoms with E-state index in [2.05, 4.69) is 36.9 Å². The molecule has 2 aromatic rings. The summed E-state index contributed by atoms with van der Waals surface area (Å²) < 4.78 is 13.8. The summed E-state index contributed by atoms with van der Waals surface area (Å²) in [5.41, 5.74) is 4.06. The Morgan fingerprint density at radius 2 is 1.75 bits per heavy atom. The Morgan fingerprint density at radius 3 is 2.42 bits per heavy atom. The van der Waals surface area contributed by atoms with Gasteiger partial charge in [0, 0.05) is 31.9 Å². The van der Waals surface area contributed by atoms with Gasteiger partial charge in [-0.1, -0.05) is 37.3 Å². The molecule has 3 rings (SSSR count). The molecule has 0 aliphatic carbocycles. The zero-order valence-electron chi connectivity index (χ0n) is 14.3. The van der Waals surface area contributed by atoms with Crippen molar-refractivity contribution in [1.82, 2.24) is 4.90 Å². The van der Waals surface area contributed by atoms with Gasteiger partial charge in [-0.3, -0.25) is 4.79 Å². The summed E-state index contributed by atoms with van der Waals surface area (Å²) in [5.74, 6) is -0.662. The van der Waals surface area contributed by atoms with Crippen molar-refractivity contribution in [3.05, 3.63) is 65.0 Å². The molecule has 126 valence electrons. The molecule has 1 aliphatic heterocycles. The number of amides is 1. The molecule has 1 amide bonds. The number of rotatable bonds is 3. The van der Waals surface area contributed by atoms with E-state index in [1.807, 2.05) is 0 Å². The number of carbonyl (C=O) groups is 1. The number of hydrogen-bond donors (Lipinski definition) is 0. The van der Waals surface area contributed by atoms with Gasteiger partial charge >= 0.3 is 0 Å². The van der Waals surface area contributed by atoms with Gasteiger partial charge in [0.1, 0.15) is 5.82 Å². The number of para-hydroxylation sites is 1. The summed E-state index contributed by atoms with van der Waals surface area (Å²) in [5, 5.41) is 0. The molecule has 1 heterocycles. The summed E-state index contributed by atoms with van der Waals surface area (Å²) in [7, 11) is 0. The fourth-order valence-corrected chi connectivity index (χ4v) is 3.40. The Kier molecular flexibility index (Phi) is 4.84. The second-order valence-electron chi connectivity index (χ2n) is 6.20. The lowest BCUT2D eigenvalue weighted by molar-refractivity contribution is 0.0742. The van der Waals surface area contributed by atoms with Gasteiger partial charge in [0.05, 0.1) is 5.56 Å². The van der Waals surface area contributed by atoms with E-state index in [1.165, 1.54) is 22.9 Å². The number of hydrogen-bond acceptors (Lipinski definition) is 2. The lowest BCUT2D eigenvalue weighted by Crippen LogP contribution is -2.49. The Hall–Kier alpha value is -2.36. The van der Waals surface area contributed by atoms with E-state index in [0.29, 0.717) is 13.1 Å². The van der Waals surface area contributed by atoms with Crippen LogP contribution < -0.4 is 4.90 Å². The Balaban J connectivity index is 1.73. The van der Waals surface area contributed by atoms with Crippen LogP contribution in [0.15, 0.2) is 42.5 Å². The van der Waals surface area contributed by atoms with Crippen molar-refractivity contribution in [2.24, 2.45) is 0 Å². The third-order valence-electron chi connectivity index (χ3n) is 4.69. The first-order chi connectivity index (χ1) is 11.6. The van der Waals surface area contributed by atoms with Crippen molar-refractivity contribution in [2.75, 3.05) is 31.1 Å². The van der Waals surface area contributed by atoms with E-state index in [1.54, 1.807) is 23.1 Å². The van der Waals surface area contributed by atoms with E-state index in [9.17, 15) is 9.18 Å². The molecule has 3 nitrogen and oxygen atoms in total. The van der Waals surface area contributed by atoms with Crippen molar-refractivity contribution >= 4 is 11.6 Å². The molecule has 0 atom stereocenters. The van der Waals surface area contributed by atoms with Crippen molar-refractivity contribution in [3.8, 4) is 0 Å². The molecule has 0 N–H and O–H groups in total. The molecular formula is C20H23FN2O. The first kappa shape index (κ1) is 16.5. The summed E-state index contributed by atoms with van der Waals surface area (Å²) >= 11 is 0. The van der Waals surface area contributed by atoms with Gasteiger partial charge < -0.3 is 9.80 Å². The maximum atomic E-state index is 13.8. The number of benzene rings is 2. The average Bonchev–Trinajstić information content (AvgIpc) is 2.61. The zero-order chi connectivity index (χ0) is 17.1. The highest BCUT2D eigenvalue weighted by Gasteiger charge is 2.25. The average molecular weight is 326 g/mol. The van der Waals surface area contributed by atoms with Crippen molar-refractivity contribution in [1.29, 1.82) is 0 Å².